The van der Waals surface area contributed by atoms with Gasteiger partial charge in [0.25, 0.3) is 0 Å². The molecule has 4 atom stereocenters. The molecule has 3 heterocycles. The summed E-state index contributed by atoms with van der Waals surface area (Å²) in [6.07, 6.45) is -2.97. The molecule has 12 nitrogen and oxygen atoms in total. The summed E-state index contributed by atoms with van der Waals surface area (Å²) in [5.74, 6) is 0.670. The van der Waals surface area contributed by atoms with E-state index in [0.717, 1.165) is 9.13 Å². The number of aromatic nitrogens is 4. The van der Waals surface area contributed by atoms with E-state index in [1.165, 1.54) is 10.9 Å². The Bertz CT molecular complexity index is 1130. The highest BCUT2D eigenvalue weighted by molar-refractivity contribution is 14.1. The molecule has 1 fully saturated rings. The Morgan fingerprint density at radius 3 is 2.88 bits per heavy atom. The van der Waals surface area contributed by atoms with Gasteiger partial charge in [-0.25, -0.2) is 4.98 Å². The molecule has 6 N–H and O–H groups in total. The number of carbonyl (C=O) groups is 1. The first-order chi connectivity index (χ1) is 15.4. The van der Waals surface area contributed by atoms with Crippen molar-refractivity contribution in [2.24, 2.45) is 0 Å². The summed E-state index contributed by atoms with van der Waals surface area (Å²) in [6.45, 7) is 0.206. The van der Waals surface area contributed by atoms with Crippen LogP contribution in [0.5, 0.6) is 0 Å². The highest BCUT2D eigenvalue weighted by Gasteiger charge is 2.56. The Hall–Kier alpha value is -2.59. The number of amides is 1. The number of rotatable bonds is 8. The first kappa shape index (κ1) is 22.6. The monoisotopic (exact) mass is 555 g/mol. The van der Waals surface area contributed by atoms with E-state index in [1.54, 1.807) is 7.05 Å². The lowest BCUT2D eigenvalue weighted by Gasteiger charge is -2.36. The molecule has 0 radical (unpaired) electrons. The van der Waals surface area contributed by atoms with Crippen molar-refractivity contribution in [1.29, 1.82) is 0 Å². The molecule has 1 unspecified atom stereocenters. The number of anilines is 2. The minimum absolute atomic E-state index is 0.217. The maximum atomic E-state index is 11.0. The van der Waals surface area contributed by atoms with Gasteiger partial charge in [-0.1, -0.05) is 12.1 Å². The maximum Gasteiger partial charge on any atom is 0.226 e. The third-order valence-electron chi connectivity index (χ3n) is 5.24. The molecule has 1 aliphatic heterocycles. The number of halogens is 1. The Morgan fingerprint density at radius 1 is 1.41 bits per heavy atom. The fourth-order valence-electron chi connectivity index (χ4n) is 3.66. The molecule has 32 heavy (non-hydrogen) atoms. The second-order valence-electron chi connectivity index (χ2n) is 7.18. The second kappa shape index (κ2) is 9.11. The van der Waals surface area contributed by atoms with Crippen LogP contribution in [-0.4, -0.2) is 73.3 Å². The molecule has 2 aromatic heterocycles. The molecule has 13 heteroatoms. The Kier molecular flexibility index (Phi) is 6.43. The average Bonchev–Trinajstić information content (AvgIpc) is 3.34. The highest BCUT2D eigenvalue weighted by Crippen LogP contribution is 2.37. The Morgan fingerprint density at radius 2 is 2.22 bits per heavy atom. The molecule has 170 valence electrons. The lowest BCUT2D eigenvalue weighted by Crippen LogP contribution is -2.59. The van der Waals surface area contributed by atoms with Crippen LogP contribution in [0.25, 0.3) is 11.2 Å². The van der Waals surface area contributed by atoms with Crippen molar-refractivity contribution < 1.29 is 24.9 Å². The fourth-order valence-corrected chi connectivity index (χ4v) is 4.27. The van der Waals surface area contributed by atoms with E-state index in [2.05, 4.69) is 53.5 Å². The van der Waals surface area contributed by atoms with Crippen LogP contribution in [0.4, 0.5) is 11.8 Å². The van der Waals surface area contributed by atoms with Gasteiger partial charge in [-0.05, 0) is 40.3 Å². The smallest absolute Gasteiger partial charge is 0.226 e. The number of fused-ring (bicyclic) bond motifs is 1. The summed E-state index contributed by atoms with van der Waals surface area (Å²) < 4.78 is 8.03. The molecular weight excluding hydrogens is 533 g/mol. The van der Waals surface area contributed by atoms with Crippen molar-refractivity contribution in [3.05, 3.63) is 39.7 Å². The van der Waals surface area contributed by atoms with E-state index >= 15 is 0 Å². The molecule has 0 bridgehead atoms. The first-order valence-electron chi connectivity index (χ1n) is 9.70. The van der Waals surface area contributed by atoms with Crippen LogP contribution in [0.3, 0.4) is 0 Å². The summed E-state index contributed by atoms with van der Waals surface area (Å²) in [6, 6.07) is 7.96. The molecular formula is C19H22IN7O5. The molecule has 1 amide bonds. The van der Waals surface area contributed by atoms with E-state index in [4.69, 9.17) is 4.74 Å². The van der Waals surface area contributed by atoms with Gasteiger partial charge in [0, 0.05) is 17.2 Å². The number of nitrogens with zero attached hydrogens (tertiary/aromatic N) is 4. The summed E-state index contributed by atoms with van der Waals surface area (Å²) in [7, 11) is 1.65. The van der Waals surface area contributed by atoms with Crippen LogP contribution < -0.4 is 16.0 Å². The number of hydrogen-bond acceptors (Lipinski definition) is 10. The zero-order valence-electron chi connectivity index (χ0n) is 16.9. The third-order valence-corrected chi connectivity index (χ3v) is 5.91. The van der Waals surface area contributed by atoms with Crippen LogP contribution >= 0.6 is 22.6 Å². The van der Waals surface area contributed by atoms with Gasteiger partial charge in [-0.15, -0.1) is 0 Å². The highest BCUT2D eigenvalue weighted by atomic mass is 127. The number of hydrogen-bond donors (Lipinski definition) is 6. The summed E-state index contributed by atoms with van der Waals surface area (Å²) in [5, 5.41) is 39.7. The second-order valence-corrected chi connectivity index (χ2v) is 8.42. The normalized spacial score (nSPS) is 23.8. The Labute approximate surface area is 196 Å². The third kappa shape index (κ3) is 3.86. The van der Waals surface area contributed by atoms with E-state index in [-0.39, 0.29) is 24.6 Å². The largest absolute Gasteiger partial charge is 0.388 e. The molecule has 4 rings (SSSR count). The predicted octanol–water partition coefficient (Wildman–Crippen LogP) is -0.446. The lowest BCUT2D eigenvalue weighted by molar-refractivity contribution is -0.198. The van der Waals surface area contributed by atoms with Gasteiger partial charge < -0.3 is 36.0 Å². The topological polar surface area (TPSA) is 167 Å². The zero-order chi connectivity index (χ0) is 22.9. The summed E-state index contributed by atoms with van der Waals surface area (Å²) in [5.41, 5.74) is -0.339. The van der Waals surface area contributed by atoms with Crippen LogP contribution in [0, 0.1) is 3.57 Å². The molecule has 0 spiro atoms. The van der Waals surface area contributed by atoms with E-state index < -0.39 is 24.2 Å². The van der Waals surface area contributed by atoms with Gasteiger partial charge in [0.05, 0.1) is 12.9 Å². The minimum Gasteiger partial charge on any atom is -0.388 e. The molecule has 0 aliphatic carbocycles. The van der Waals surface area contributed by atoms with Crippen LogP contribution in [0.1, 0.15) is 5.56 Å². The number of carbonyl (C=O) groups excluding carboxylic acids is 1. The molecule has 3 aromatic rings. The van der Waals surface area contributed by atoms with Crippen molar-refractivity contribution in [2.75, 3.05) is 24.3 Å². The van der Waals surface area contributed by atoms with Gasteiger partial charge in [0.1, 0.15) is 12.2 Å². The lowest BCUT2D eigenvalue weighted by atomic mass is 10.0. The fraction of sp³-hybridized carbons (Fsp3) is 0.368. The number of imidazole rings is 1. The average molecular weight is 555 g/mol. The van der Waals surface area contributed by atoms with Gasteiger partial charge in [-0.3, -0.25) is 9.36 Å². The quantitative estimate of drug-likeness (QED) is 0.122. The van der Waals surface area contributed by atoms with Gasteiger partial charge in [0.2, 0.25) is 18.1 Å². The first-order valence-corrected chi connectivity index (χ1v) is 10.8. The number of aliphatic hydroxyl groups excluding tert-OH is 3. The Balaban J connectivity index is 1.79. The molecule has 1 saturated heterocycles. The maximum absolute atomic E-state index is 11.0. The van der Waals surface area contributed by atoms with Gasteiger partial charge in [0.15, 0.2) is 23.2 Å². The molecule has 1 aromatic carbocycles. The van der Waals surface area contributed by atoms with Crippen molar-refractivity contribution in [3.8, 4) is 0 Å². The summed E-state index contributed by atoms with van der Waals surface area (Å²) >= 11 is 2.24. The van der Waals surface area contributed by atoms with Crippen molar-refractivity contribution in [1.82, 2.24) is 24.8 Å². The van der Waals surface area contributed by atoms with Crippen molar-refractivity contribution >= 4 is 51.9 Å². The van der Waals surface area contributed by atoms with Gasteiger partial charge >= 0.3 is 0 Å². The molecule has 0 saturated carbocycles. The minimum atomic E-state index is -1.94. The number of nitrogens with one attached hydrogen (secondary N) is 3. The number of ether oxygens (including phenoxy) is 1. The molecule has 1 aliphatic rings. The predicted molar refractivity (Wildman–Crippen MR) is 123 cm³/mol. The number of benzene rings is 1. The number of aliphatic hydroxyl groups is 3. The standard InChI is InChI=1S/C19H22IN7O5/c1-21-18-25-15(22-6-10-3-2-4-11(20)5-10)13-16(26-18)27(8-23-13)19(17(31)24-9-28)14(30)12(29)7-32-19/h2-5,8-9,12,14,17,29-31H,6-7H2,1H3,(H,24,28)(H2,21,22,25,26)/t12-,14-,17?,19+/m0/s1. The van der Waals surface area contributed by atoms with E-state index in [0.29, 0.717) is 17.9 Å². The zero-order valence-corrected chi connectivity index (χ0v) is 19.1. The van der Waals surface area contributed by atoms with E-state index in [1.807, 2.05) is 24.3 Å². The SMILES string of the molecule is CNc1nc(NCc2cccc(I)c2)c2ncn([C@@]3(C(O)NC=O)OC[C@H](O)[C@@H]3O)c2n1. The van der Waals surface area contributed by atoms with Gasteiger partial charge in [-0.2, -0.15) is 9.97 Å². The van der Waals surface area contributed by atoms with Crippen molar-refractivity contribution in [2.45, 2.75) is 30.7 Å². The van der Waals surface area contributed by atoms with E-state index in [9.17, 15) is 20.1 Å². The van der Waals surface area contributed by atoms with Crippen LogP contribution in [0.2, 0.25) is 0 Å². The summed E-state index contributed by atoms with van der Waals surface area (Å²) in [4.78, 5) is 24.2. The van der Waals surface area contributed by atoms with Crippen molar-refractivity contribution in [3.63, 3.8) is 0 Å². The van der Waals surface area contributed by atoms with Crippen LogP contribution in [-0.2, 0) is 21.8 Å². The van der Waals surface area contributed by atoms with Crippen LogP contribution in [0.15, 0.2) is 30.6 Å².